The van der Waals surface area contributed by atoms with Crippen molar-refractivity contribution >= 4 is 5.91 Å². The first-order valence-corrected chi connectivity index (χ1v) is 8.79. The Morgan fingerprint density at radius 3 is 2.29 bits per heavy atom. The number of benzene rings is 2. The maximum atomic E-state index is 11.7. The monoisotopic (exact) mass is 391 g/mol. The number of amides is 1. The van der Waals surface area contributed by atoms with Crippen LogP contribution in [0.15, 0.2) is 48.5 Å². The molecule has 0 spiro atoms. The lowest BCUT2D eigenvalue weighted by Gasteiger charge is -2.26. The fourth-order valence-corrected chi connectivity index (χ4v) is 2.62. The summed E-state index contributed by atoms with van der Waals surface area (Å²) in [5.74, 6) is 0.0439. The normalized spacial score (nSPS) is 15.4. The Labute approximate surface area is 162 Å². The van der Waals surface area contributed by atoms with Gasteiger partial charge in [0.15, 0.2) is 0 Å². The maximum Gasteiger partial charge on any atom is 0.251 e. The molecule has 6 N–H and O–H groups in total. The van der Waals surface area contributed by atoms with Gasteiger partial charge >= 0.3 is 0 Å². The molecule has 28 heavy (non-hydrogen) atoms. The van der Waals surface area contributed by atoms with Crippen molar-refractivity contribution in [2.75, 3.05) is 13.7 Å². The van der Waals surface area contributed by atoms with Gasteiger partial charge in [0.25, 0.3) is 5.91 Å². The van der Waals surface area contributed by atoms with Crippen molar-refractivity contribution in [1.82, 2.24) is 5.32 Å². The Morgan fingerprint density at radius 2 is 1.68 bits per heavy atom. The summed E-state index contributed by atoms with van der Waals surface area (Å²) in [4.78, 5) is 11.7. The molecule has 0 aromatic heterocycles. The topological polar surface area (TPSA) is 139 Å². The molecule has 0 saturated carbocycles. The van der Waals surface area contributed by atoms with E-state index < -0.39 is 24.6 Å². The van der Waals surface area contributed by atoms with Gasteiger partial charge in [-0.05, 0) is 41.8 Å². The fourth-order valence-electron chi connectivity index (χ4n) is 2.62. The van der Waals surface area contributed by atoms with Crippen molar-refractivity contribution in [3.63, 3.8) is 0 Å². The molecule has 8 nitrogen and oxygen atoms in total. The molecule has 0 bridgehead atoms. The second kappa shape index (κ2) is 10.2. The number of nitrogens with one attached hydrogen (secondary N) is 1. The van der Waals surface area contributed by atoms with Crippen LogP contribution in [0, 0.1) is 0 Å². The lowest BCUT2D eigenvalue weighted by molar-refractivity contribution is -0.166. The number of aliphatic hydroxyl groups excluding tert-OH is 5. The van der Waals surface area contributed by atoms with Crippen molar-refractivity contribution in [2.24, 2.45) is 0 Å². The molecule has 4 atom stereocenters. The van der Waals surface area contributed by atoms with Gasteiger partial charge in [-0.15, -0.1) is 0 Å². The van der Waals surface area contributed by atoms with Crippen molar-refractivity contribution in [2.45, 2.75) is 31.0 Å². The molecule has 0 aliphatic rings. The Morgan fingerprint density at radius 1 is 1.00 bits per heavy atom. The molecule has 1 amide bonds. The van der Waals surface area contributed by atoms with Crippen molar-refractivity contribution in [1.29, 1.82) is 0 Å². The number of ether oxygens (including phenoxy) is 1. The van der Waals surface area contributed by atoms with E-state index in [4.69, 9.17) is 9.84 Å². The molecular formula is C20H25NO7. The highest BCUT2D eigenvalue weighted by Crippen LogP contribution is 2.24. The van der Waals surface area contributed by atoms with Crippen LogP contribution < -0.4 is 10.1 Å². The second-order valence-electron chi connectivity index (χ2n) is 6.25. The smallest absolute Gasteiger partial charge is 0.251 e. The summed E-state index contributed by atoms with van der Waals surface area (Å²) >= 11 is 0. The van der Waals surface area contributed by atoms with Gasteiger partial charge in [0.1, 0.15) is 18.0 Å². The Balaban J connectivity index is 2.05. The Hall–Kier alpha value is -2.49. The van der Waals surface area contributed by atoms with E-state index in [1.807, 2.05) is 6.07 Å². The molecular weight excluding hydrogens is 366 g/mol. The maximum absolute atomic E-state index is 11.7. The van der Waals surface area contributed by atoms with E-state index in [0.717, 1.165) is 11.1 Å². The average molecular weight is 391 g/mol. The summed E-state index contributed by atoms with van der Waals surface area (Å²) in [6.45, 7) is -0.371. The summed E-state index contributed by atoms with van der Waals surface area (Å²) in [5.41, 5.74) is 2.15. The van der Waals surface area contributed by atoms with E-state index in [2.05, 4.69) is 5.32 Å². The number of rotatable bonds is 9. The van der Waals surface area contributed by atoms with E-state index in [-0.39, 0.29) is 24.7 Å². The minimum Gasteiger partial charge on any atom is -0.462 e. The predicted molar refractivity (Wildman–Crippen MR) is 102 cm³/mol. The first-order chi connectivity index (χ1) is 13.4. The summed E-state index contributed by atoms with van der Waals surface area (Å²) in [5, 5.41) is 50.5. The molecule has 0 heterocycles. The third-order valence-electron chi connectivity index (χ3n) is 4.26. The van der Waals surface area contributed by atoms with E-state index in [1.165, 1.54) is 0 Å². The van der Waals surface area contributed by atoms with Crippen LogP contribution in [0.4, 0.5) is 0 Å². The molecule has 0 fully saturated rings. The van der Waals surface area contributed by atoms with Gasteiger partial charge in [0, 0.05) is 19.2 Å². The molecule has 0 aliphatic heterocycles. The molecule has 152 valence electrons. The molecule has 2 aromatic rings. The molecule has 0 saturated heterocycles. The van der Waals surface area contributed by atoms with Crippen molar-refractivity contribution in [3.8, 4) is 16.9 Å². The van der Waals surface area contributed by atoms with Gasteiger partial charge < -0.3 is 35.6 Å². The highest BCUT2D eigenvalue weighted by molar-refractivity contribution is 5.95. The zero-order chi connectivity index (χ0) is 20.7. The molecule has 0 radical (unpaired) electrons. The predicted octanol–water partition coefficient (Wildman–Crippen LogP) is -0.125. The Kier molecular flexibility index (Phi) is 7.91. The van der Waals surface area contributed by atoms with Gasteiger partial charge in [0.05, 0.1) is 6.10 Å². The lowest BCUT2D eigenvalue weighted by Crippen LogP contribution is -2.46. The fraction of sp³-hybridized carbons (Fsp3) is 0.350. The van der Waals surface area contributed by atoms with Gasteiger partial charge in [0.2, 0.25) is 6.29 Å². The second-order valence-corrected chi connectivity index (χ2v) is 6.25. The highest BCUT2D eigenvalue weighted by atomic mass is 16.6. The molecule has 8 heteroatoms. The van der Waals surface area contributed by atoms with Crippen LogP contribution in [0.2, 0.25) is 0 Å². The zero-order valence-corrected chi connectivity index (χ0v) is 15.4. The van der Waals surface area contributed by atoms with Crippen LogP contribution >= 0.6 is 0 Å². The standard InChI is InChI=1S/C20H25NO7/c1-21-19(26)14-4-2-3-13(11-14)12-5-7-15(8-6-12)28-20(27)18(25)17(24)16(23)9-10-22/h2-8,11,16-18,20,22-25,27H,9-10H2,1H3,(H,21,26). The lowest BCUT2D eigenvalue weighted by atomic mass is 10.0. The van der Waals surface area contributed by atoms with Crippen LogP contribution in [0.5, 0.6) is 5.75 Å². The highest BCUT2D eigenvalue weighted by Gasteiger charge is 2.31. The van der Waals surface area contributed by atoms with E-state index in [1.54, 1.807) is 49.5 Å². The summed E-state index contributed by atoms with van der Waals surface area (Å²) in [6.07, 6.45) is -6.74. The molecule has 4 unspecified atom stereocenters. The largest absolute Gasteiger partial charge is 0.462 e. The van der Waals surface area contributed by atoms with E-state index >= 15 is 0 Å². The zero-order valence-electron chi connectivity index (χ0n) is 15.4. The third kappa shape index (κ3) is 5.51. The third-order valence-corrected chi connectivity index (χ3v) is 4.26. The van der Waals surface area contributed by atoms with Crippen molar-refractivity contribution < 1.29 is 35.1 Å². The van der Waals surface area contributed by atoms with Crippen LogP contribution in [-0.4, -0.2) is 69.7 Å². The quantitative estimate of drug-likeness (QED) is 0.327. The van der Waals surface area contributed by atoms with Gasteiger partial charge in [-0.1, -0.05) is 24.3 Å². The first-order valence-electron chi connectivity index (χ1n) is 8.79. The number of aliphatic hydroxyl groups is 5. The van der Waals surface area contributed by atoms with Crippen LogP contribution in [-0.2, 0) is 0 Å². The number of carbonyl (C=O) groups is 1. The van der Waals surface area contributed by atoms with Crippen LogP contribution in [0.3, 0.4) is 0 Å². The van der Waals surface area contributed by atoms with Gasteiger partial charge in [-0.2, -0.15) is 0 Å². The Bertz CT molecular complexity index is 765. The molecule has 2 aromatic carbocycles. The average Bonchev–Trinajstić information content (AvgIpc) is 2.72. The summed E-state index contributed by atoms with van der Waals surface area (Å²) in [7, 11) is 1.56. The van der Waals surface area contributed by atoms with Crippen LogP contribution in [0.1, 0.15) is 16.8 Å². The first kappa shape index (κ1) is 21.8. The SMILES string of the molecule is CNC(=O)c1cccc(-c2ccc(OC(O)C(O)C(O)C(O)CCO)cc2)c1. The number of carbonyl (C=O) groups excluding carboxylic acids is 1. The minimum atomic E-state index is -1.77. The van der Waals surface area contributed by atoms with E-state index in [0.29, 0.717) is 5.56 Å². The molecule has 0 aliphatic carbocycles. The van der Waals surface area contributed by atoms with Crippen LogP contribution in [0.25, 0.3) is 11.1 Å². The van der Waals surface area contributed by atoms with Gasteiger partial charge in [-0.3, -0.25) is 4.79 Å². The minimum absolute atomic E-state index is 0.144. The summed E-state index contributed by atoms with van der Waals surface area (Å²) in [6, 6.07) is 13.6. The molecule has 2 rings (SSSR count). The van der Waals surface area contributed by atoms with Crippen molar-refractivity contribution in [3.05, 3.63) is 54.1 Å². The number of hydrogen-bond acceptors (Lipinski definition) is 7. The van der Waals surface area contributed by atoms with Gasteiger partial charge in [-0.25, -0.2) is 0 Å². The summed E-state index contributed by atoms with van der Waals surface area (Å²) < 4.78 is 5.20. The van der Waals surface area contributed by atoms with E-state index in [9.17, 15) is 25.2 Å². The number of hydrogen-bond donors (Lipinski definition) is 6.